The number of hydrogen-bond acceptors (Lipinski definition) is 3. The van der Waals surface area contributed by atoms with Crippen molar-refractivity contribution in [3.63, 3.8) is 0 Å². The van der Waals surface area contributed by atoms with Crippen molar-refractivity contribution in [1.82, 2.24) is 0 Å². The Hall–Kier alpha value is -1.71. The Balaban J connectivity index is 1.84. The van der Waals surface area contributed by atoms with E-state index in [1.165, 1.54) is 0 Å². The minimum atomic E-state index is -0.648. The quantitative estimate of drug-likeness (QED) is 0.336. The van der Waals surface area contributed by atoms with Gasteiger partial charge in [0.25, 0.3) is 0 Å². The zero-order chi connectivity index (χ0) is 20.1. The first-order valence-corrected chi connectivity index (χ1v) is 10.4. The Bertz CT molecular complexity index is 639. The van der Waals surface area contributed by atoms with Crippen molar-refractivity contribution in [2.75, 3.05) is 0 Å². The minimum absolute atomic E-state index is 0.267. The fourth-order valence-corrected chi connectivity index (χ4v) is 3.85. The van der Waals surface area contributed by atoms with Crippen molar-refractivity contribution in [3.05, 3.63) is 23.3 Å². The molecule has 0 amide bonds. The number of benzene rings is 1. The van der Waals surface area contributed by atoms with Gasteiger partial charge in [0, 0.05) is 11.1 Å². The van der Waals surface area contributed by atoms with Gasteiger partial charge in [-0.15, -0.1) is 0 Å². The molecule has 1 aromatic rings. The molecule has 0 saturated heterocycles. The smallest absolute Gasteiger partial charge is 0.309 e. The van der Waals surface area contributed by atoms with Crippen molar-refractivity contribution in [1.29, 1.82) is 0 Å². The average molecular weight is 377 g/mol. The Kier molecular flexibility index (Phi) is 7.19. The van der Waals surface area contributed by atoms with Crippen molar-refractivity contribution in [2.45, 2.75) is 91.4 Å². The average Bonchev–Trinajstić information content (AvgIpc) is 3.36. The molecule has 152 valence electrons. The SMILES string of the molecule is CC(C)(C)CCCCc1c(O)ccc(O)c1CCCCCC1(C(=O)O)CC1. The molecule has 0 radical (unpaired) electrons. The van der Waals surface area contributed by atoms with Crippen LogP contribution in [0.4, 0.5) is 0 Å². The van der Waals surface area contributed by atoms with Gasteiger partial charge in [-0.1, -0.05) is 40.0 Å². The fraction of sp³-hybridized carbons (Fsp3) is 0.696. The molecule has 0 aromatic heterocycles. The molecule has 0 bridgehead atoms. The molecule has 3 N–H and O–H groups in total. The Morgan fingerprint density at radius 1 is 0.926 bits per heavy atom. The summed E-state index contributed by atoms with van der Waals surface area (Å²) in [6, 6.07) is 3.16. The van der Waals surface area contributed by atoms with E-state index < -0.39 is 11.4 Å². The number of aliphatic carboxylic acids is 1. The summed E-state index contributed by atoms with van der Waals surface area (Å²) in [5.41, 5.74) is 1.63. The van der Waals surface area contributed by atoms with Gasteiger partial charge in [0.2, 0.25) is 0 Å². The van der Waals surface area contributed by atoms with Gasteiger partial charge in [0.15, 0.2) is 0 Å². The molecule has 0 atom stereocenters. The van der Waals surface area contributed by atoms with Gasteiger partial charge in [-0.25, -0.2) is 0 Å². The highest BCUT2D eigenvalue weighted by Crippen LogP contribution is 2.50. The highest BCUT2D eigenvalue weighted by atomic mass is 16.4. The van der Waals surface area contributed by atoms with Crippen LogP contribution < -0.4 is 0 Å². The van der Waals surface area contributed by atoms with Crippen LogP contribution in [-0.2, 0) is 17.6 Å². The van der Waals surface area contributed by atoms with E-state index >= 15 is 0 Å². The molecule has 1 aromatic carbocycles. The van der Waals surface area contributed by atoms with E-state index in [4.69, 9.17) is 0 Å². The molecule has 27 heavy (non-hydrogen) atoms. The van der Waals surface area contributed by atoms with Crippen LogP contribution in [0, 0.1) is 10.8 Å². The van der Waals surface area contributed by atoms with E-state index in [1.807, 2.05) is 0 Å². The van der Waals surface area contributed by atoms with Gasteiger partial charge < -0.3 is 15.3 Å². The van der Waals surface area contributed by atoms with E-state index in [9.17, 15) is 20.1 Å². The maximum atomic E-state index is 11.2. The van der Waals surface area contributed by atoms with Crippen LogP contribution in [0.1, 0.15) is 89.7 Å². The number of carboxylic acid groups (broad SMARTS) is 1. The summed E-state index contributed by atoms with van der Waals surface area (Å²) in [5.74, 6) is -0.102. The molecule has 1 aliphatic carbocycles. The summed E-state index contributed by atoms with van der Waals surface area (Å²) in [7, 11) is 0. The van der Waals surface area contributed by atoms with E-state index in [2.05, 4.69) is 20.8 Å². The van der Waals surface area contributed by atoms with E-state index in [1.54, 1.807) is 12.1 Å². The van der Waals surface area contributed by atoms with Gasteiger partial charge in [0.05, 0.1) is 5.41 Å². The second-order valence-electron chi connectivity index (χ2n) is 9.47. The van der Waals surface area contributed by atoms with Gasteiger partial charge in [0.1, 0.15) is 11.5 Å². The van der Waals surface area contributed by atoms with Crippen LogP contribution in [0.25, 0.3) is 0 Å². The molecule has 1 saturated carbocycles. The van der Waals surface area contributed by atoms with Crippen molar-refractivity contribution < 1.29 is 20.1 Å². The molecular weight excluding hydrogens is 340 g/mol. The predicted octanol–water partition coefficient (Wildman–Crippen LogP) is 5.82. The fourth-order valence-electron chi connectivity index (χ4n) is 3.85. The molecule has 0 unspecified atom stereocenters. The number of carboxylic acids is 1. The summed E-state index contributed by atoms with van der Waals surface area (Å²) < 4.78 is 0. The molecule has 1 fully saturated rings. The molecule has 2 rings (SSSR count). The summed E-state index contributed by atoms with van der Waals surface area (Å²) in [4.78, 5) is 11.2. The maximum absolute atomic E-state index is 11.2. The molecule has 4 nitrogen and oxygen atoms in total. The third kappa shape index (κ3) is 6.44. The largest absolute Gasteiger partial charge is 0.508 e. The zero-order valence-corrected chi connectivity index (χ0v) is 17.2. The lowest BCUT2D eigenvalue weighted by molar-refractivity contribution is -0.143. The Morgan fingerprint density at radius 2 is 1.44 bits per heavy atom. The molecular formula is C23H36O4. The maximum Gasteiger partial charge on any atom is 0.309 e. The second kappa shape index (κ2) is 8.99. The van der Waals surface area contributed by atoms with Crippen LogP contribution in [-0.4, -0.2) is 21.3 Å². The second-order valence-corrected chi connectivity index (χ2v) is 9.47. The number of unbranched alkanes of at least 4 members (excludes halogenated alkanes) is 3. The third-order valence-corrected chi connectivity index (χ3v) is 5.87. The topological polar surface area (TPSA) is 77.8 Å². The number of phenols is 2. The first-order valence-electron chi connectivity index (χ1n) is 10.4. The predicted molar refractivity (Wildman–Crippen MR) is 108 cm³/mol. The number of hydrogen-bond donors (Lipinski definition) is 3. The number of rotatable bonds is 11. The normalized spacial score (nSPS) is 15.7. The molecule has 0 aliphatic heterocycles. The van der Waals surface area contributed by atoms with Crippen LogP contribution >= 0.6 is 0 Å². The first-order chi connectivity index (χ1) is 12.6. The third-order valence-electron chi connectivity index (χ3n) is 5.87. The van der Waals surface area contributed by atoms with Crippen LogP contribution in [0.3, 0.4) is 0 Å². The summed E-state index contributed by atoms with van der Waals surface area (Å²) in [6.45, 7) is 6.71. The monoisotopic (exact) mass is 376 g/mol. The first kappa shape index (κ1) is 21.6. The number of carbonyl (C=O) groups is 1. The standard InChI is InChI=1S/C23H36O4/c1-22(2,3)13-8-6-10-18-17(19(24)11-12-20(18)25)9-5-4-7-14-23(15-16-23)21(26)27/h11-12,24-25H,4-10,13-16H2,1-3H3,(H,26,27). The summed E-state index contributed by atoms with van der Waals surface area (Å²) >= 11 is 0. The Labute approximate surface area is 163 Å². The minimum Gasteiger partial charge on any atom is -0.508 e. The summed E-state index contributed by atoms with van der Waals surface area (Å²) in [5, 5.41) is 29.8. The van der Waals surface area contributed by atoms with Crippen LogP contribution in [0.15, 0.2) is 12.1 Å². The van der Waals surface area contributed by atoms with Crippen molar-refractivity contribution in [3.8, 4) is 11.5 Å². The van der Waals surface area contributed by atoms with Crippen molar-refractivity contribution >= 4 is 5.97 Å². The highest BCUT2D eigenvalue weighted by Gasteiger charge is 2.49. The van der Waals surface area contributed by atoms with Gasteiger partial charge in [-0.3, -0.25) is 4.79 Å². The molecule has 0 heterocycles. The molecule has 1 aliphatic rings. The lowest BCUT2D eigenvalue weighted by Crippen LogP contribution is -2.14. The van der Waals surface area contributed by atoms with Crippen LogP contribution in [0.2, 0.25) is 0 Å². The highest BCUT2D eigenvalue weighted by molar-refractivity contribution is 5.77. The van der Waals surface area contributed by atoms with Gasteiger partial charge in [-0.2, -0.15) is 0 Å². The number of phenolic OH excluding ortho intramolecular Hbond substituents is 2. The van der Waals surface area contributed by atoms with E-state index in [-0.39, 0.29) is 11.5 Å². The van der Waals surface area contributed by atoms with E-state index in [0.29, 0.717) is 5.41 Å². The van der Waals surface area contributed by atoms with E-state index in [0.717, 1.165) is 81.8 Å². The van der Waals surface area contributed by atoms with Crippen LogP contribution in [0.5, 0.6) is 11.5 Å². The number of aromatic hydroxyl groups is 2. The lowest BCUT2D eigenvalue weighted by atomic mass is 9.88. The van der Waals surface area contributed by atoms with Gasteiger partial charge in [-0.05, 0) is 68.9 Å². The Morgan fingerprint density at radius 3 is 1.89 bits per heavy atom. The zero-order valence-electron chi connectivity index (χ0n) is 17.2. The molecule has 4 heteroatoms. The van der Waals surface area contributed by atoms with Gasteiger partial charge >= 0.3 is 5.97 Å². The lowest BCUT2D eigenvalue weighted by Gasteiger charge is -2.18. The summed E-state index contributed by atoms with van der Waals surface area (Å²) in [6.07, 6.45) is 9.92. The van der Waals surface area contributed by atoms with Crippen molar-refractivity contribution in [2.24, 2.45) is 10.8 Å². The molecule has 0 spiro atoms.